The van der Waals surface area contributed by atoms with E-state index in [0.717, 1.165) is 12.4 Å². The van der Waals surface area contributed by atoms with E-state index in [0.29, 0.717) is 13.2 Å². The molecule has 0 fully saturated rings. The largest absolute Gasteiger partial charge is 0.491 e. The van der Waals surface area contributed by atoms with Gasteiger partial charge in [0.15, 0.2) is 14.7 Å². The van der Waals surface area contributed by atoms with E-state index in [4.69, 9.17) is 9.47 Å². The third kappa shape index (κ3) is 4.88. The zero-order valence-corrected chi connectivity index (χ0v) is 15.2. The first-order valence-electron chi connectivity index (χ1n) is 8.53. The maximum absolute atomic E-state index is 5.73. The number of benzene rings is 3. The maximum Gasteiger partial charge on any atom is 0.166 e. The lowest BCUT2D eigenvalue weighted by Gasteiger charge is -2.09. The Kier molecular flexibility index (Phi) is 6.55. The lowest BCUT2D eigenvalue weighted by molar-refractivity contribution is 0.110. The minimum absolute atomic E-state index is 0.112. The highest BCUT2D eigenvalue weighted by atomic mass is 32.2. The molecule has 0 aliphatic carbocycles. The predicted molar refractivity (Wildman–Crippen MR) is 103 cm³/mol. The molecule has 0 heterocycles. The highest BCUT2D eigenvalue weighted by molar-refractivity contribution is 7.97. The molecular formula is C22H23O2S+. The van der Waals surface area contributed by atoms with E-state index in [9.17, 15) is 0 Å². The summed E-state index contributed by atoms with van der Waals surface area (Å²) in [7, 11) is -0.112. The van der Waals surface area contributed by atoms with Gasteiger partial charge in [-0.3, -0.25) is 0 Å². The first kappa shape index (κ1) is 17.6. The molecule has 0 aliphatic rings. The molecular weight excluding hydrogens is 328 g/mol. The molecule has 0 radical (unpaired) electrons. The molecule has 0 aliphatic heterocycles. The first-order valence-corrected chi connectivity index (χ1v) is 9.76. The highest BCUT2D eigenvalue weighted by Crippen LogP contribution is 2.31. The first-order chi connectivity index (χ1) is 12.4. The van der Waals surface area contributed by atoms with Gasteiger partial charge >= 0.3 is 0 Å². The van der Waals surface area contributed by atoms with Crippen LogP contribution in [-0.4, -0.2) is 19.8 Å². The van der Waals surface area contributed by atoms with Crippen LogP contribution in [0.4, 0.5) is 0 Å². The van der Waals surface area contributed by atoms with Crippen molar-refractivity contribution in [1.29, 1.82) is 0 Å². The second-order valence-electron chi connectivity index (χ2n) is 5.45. The van der Waals surface area contributed by atoms with Crippen LogP contribution in [0.3, 0.4) is 0 Å². The second kappa shape index (κ2) is 9.30. The molecule has 3 aromatic rings. The van der Waals surface area contributed by atoms with E-state index in [1.807, 2.05) is 19.1 Å². The molecule has 0 N–H and O–H groups in total. The van der Waals surface area contributed by atoms with Crippen LogP contribution in [0.5, 0.6) is 5.75 Å². The Morgan fingerprint density at radius 1 is 0.640 bits per heavy atom. The molecule has 2 nitrogen and oxygen atoms in total. The third-order valence-corrected chi connectivity index (χ3v) is 5.95. The number of ether oxygens (including phenoxy) is 2. The highest BCUT2D eigenvalue weighted by Gasteiger charge is 2.28. The van der Waals surface area contributed by atoms with E-state index in [2.05, 4.69) is 72.8 Å². The molecule has 128 valence electrons. The minimum atomic E-state index is -0.112. The van der Waals surface area contributed by atoms with Gasteiger partial charge in [0.05, 0.1) is 17.5 Å². The van der Waals surface area contributed by atoms with Crippen LogP contribution in [0, 0.1) is 0 Å². The third-order valence-electron chi connectivity index (χ3n) is 3.72. The summed E-state index contributed by atoms with van der Waals surface area (Å²) in [4.78, 5) is 3.92. The Labute approximate surface area is 152 Å². The SMILES string of the molecule is CCOCCOc1ccc([S+](c2ccccc2)c2ccccc2)cc1. The molecule has 25 heavy (non-hydrogen) atoms. The van der Waals surface area contributed by atoms with Gasteiger partial charge in [-0.05, 0) is 55.5 Å². The average molecular weight is 351 g/mol. The summed E-state index contributed by atoms with van der Waals surface area (Å²) in [5.74, 6) is 0.883. The van der Waals surface area contributed by atoms with Crippen molar-refractivity contribution in [2.75, 3.05) is 19.8 Å². The molecule has 0 aromatic heterocycles. The molecule has 0 spiro atoms. The molecule has 3 rings (SSSR count). The monoisotopic (exact) mass is 351 g/mol. The zero-order valence-electron chi connectivity index (χ0n) is 14.4. The molecule has 3 aromatic carbocycles. The molecule has 0 atom stereocenters. The van der Waals surface area contributed by atoms with Gasteiger partial charge in [0.25, 0.3) is 0 Å². The molecule has 0 amide bonds. The van der Waals surface area contributed by atoms with Crippen LogP contribution >= 0.6 is 0 Å². The smallest absolute Gasteiger partial charge is 0.166 e. The number of hydrogen-bond donors (Lipinski definition) is 0. The van der Waals surface area contributed by atoms with E-state index in [1.54, 1.807) is 0 Å². The van der Waals surface area contributed by atoms with Crippen LogP contribution in [0.2, 0.25) is 0 Å². The summed E-state index contributed by atoms with van der Waals surface area (Å²) in [5.41, 5.74) is 0. The van der Waals surface area contributed by atoms with Crippen molar-refractivity contribution in [3.63, 3.8) is 0 Å². The van der Waals surface area contributed by atoms with E-state index >= 15 is 0 Å². The molecule has 0 bridgehead atoms. The topological polar surface area (TPSA) is 18.5 Å². The minimum Gasteiger partial charge on any atom is -0.491 e. The van der Waals surface area contributed by atoms with Crippen LogP contribution in [0.15, 0.2) is 99.6 Å². The fourth-order valence-corrected chi connectivity index (χ4v) is 4.64. The normalized spacial score (nSPS) is 10.8. The van der Waals surface area contributed by atoms with Gasteiger partial charge in [0, 0.05) is 6.61 Å². The fourth-order valence-electron chi connectivity index (χ4n) is 2.56. The van der Waals surface area contributed by atoms with Crippen LogP contribution < -0.4 is 4.74 Å². The van der Waals surface area contributed by atoms with Crippen LogP contribution in [0.1, 0.15) is 6.92 Å². The van der Waals surface area contributed by atoms with Crippen molar-refractivity contribution in [1.82, 2.24) is 0 Å². The van der Waals surface area contributed by atoms with Gasteiger partial charge in [-0.25, -0.2) is 0 Å². The van der Waals surface area contributed by atoms with Crippen molar-refractivity contribution in [3.05, 3.63) is 84.9 Å². The maximum atomic E-state index is 5.73. The van der Waals surface area contributed by atoms with Crippen molar-refractivity contribution in [2.45, 2.75) is 21.6 Å². The molecule has 3 heteroatoms. The summed E-state index contributed by atoms with van der Waals surface area (Å²) < 4.78 is 11.0. The van der Waals surface area contributed by atoms with Gasteiger partial charge in [-0.1, -0.05) is 36.4 Å². The van der Waals surface area contributed by atoms with Crippen molar-refractivity contribution in [2.24, 2.45) is 0 Å². The lowest BCUT2D eigenvalue weighted by atomic mass is 10.3. The van der Waals surface area contributed by atoms with Gasteiger partial charge in [0.1, 0.15) is 12.4 Å². The lowest BCUT2D eigenvalue weighted by Crippen LogP contribution is -2.07. The molecule has 0 saturated carbocycles. The zero-order chi connectivity index (χ0) is 17.3. The van der Waals surface area contributed by atoms with E-state index in [1.165, 1.54) is 14.7 Å². The van der Waals surface area contributed by atoms with Gasteiger partial charge in [-0.15, -0.1) is 0 Å². The second-order valence-corrected chi connectivity index (χ2v) is 7.48. The number of hydrogen-bond acceptors (Lipinski definition) is 2. The van der Waals surface area contributed by atoms with Crippen molar-refractivity contribution in [3.8, 4) is 5.75 Å². The van der Waals surface area contributed by atoms with Gasteiger partial charge in [-0.2, -0.15) is 0 Å². The van der Waals surface area contributed by atoms with E-state index < -0.39 is 0 Å². The predicted octanol–water partition coefficient (Wildman–Crippen LogP) is 5.20. The molecule has 0 saturated heterocycles. The fraction of sp³-hybridized carbons (Fsp3) is 0.182. The Balaban J connectivity index is 1.82. The summed E-state index contributed by atoms with van der Waals surface area (Å²) in [5, 5.41) is 0. The molecule has 0 unspecified atom stereocenters. The van der Waals surface area contributed by atoms with E-state index in [-0.39, 0.29) is 10.9 Å². The summed E-state index contributed by atoms with van der Waals surface area (Å²) in [6.45, 7) is 3.91. The average Bonchev–Trinajstić information content (AvgIpc) is 2.68. The van der Waals surface area contributed by atoms with Crippen molar-refractivity contribution >= 4 is 10.9 Å². The summed E-state index contributed by atoms with van der Waals surface area (Å²) >= 11 is 0. The Morgan fingerprint density at radius 3 is 1.68 bits per heavy atom. The standard InChI is InChI=1S/C22H23O2S/c1-2-23-17-18-24-19-13-15-22(16-14-19)25(20-9-5-3-6-10-20)21-11-7-4-8-12-21/h3-16H,2,17-18H2,1H3/q+1. The van der Waals surface area contributed by atoms with Crippen LogP contribution in [0.25, 0.3) is 0 Å². The van der Waals surface area contributed by atoms with Crippen LogP contribution in [-0.2, 0) is 15.6 Å². The summed E-state index contributed by atoms with van der Waals surface area (Å²) in [6, 6.07) is 29.7. The Bertz CT molecular complexity index is 703. The Hall–Kier alpha value is -2.23. The quantitative estimate of drug-likeness (QED) is 0.410. The van der Waals surface area contributed by atoms with Gasteiger partial charge < -0.3 is 9.47 Å². The van der Waals surface area contributed by atoms with Gasteiger partial charge in [0.2, 0.25) is 0 Å². The number of rotatable bonds is 8. The van der Waals surface area contributed by atoms with Crippen molar-refractivity contribution < 1.29 is 9.47 Å². The summed E-state index contributed by atoms with van der Waals surface area (Å²) in [6.07, 6.45) is 0. The Morgan fingerprint density at radius 2 is 1.16 bits per heavy atom.